The molecule has 0 aromatic rings. The molecule has 0 bridgehead atoms. The molecule has 0 aromatic heterocycles. The van der Waals surface area contributed by atoms with Crippen molar-refractivity contribution in [1.29, 1.82) is 0 Å². The minimum absolute atomic E-state index is 0.00768. The van der Waals surface area contributed by atoms with Crippen molar-refractivity contribution in [1.82, 2.24) is 5.32 Å². The van der Waals surface area contributed by atoms with Crippen LogP contribution in [0, 0.1) is 11.8 Å². The maximum Gasteiger partial charge on any atom is 0.223 e. The molecule has 2 saturated carbocycles. The van der Waals surface area contributed by atoms with Gasteiger partial charge in [-0.05, 0) is 31.6 Å². The van der Waals surface area contributed by atoms with Crippen molar-refractivity contribution in [2.75, 3.05) is 0 Å². The van der Waals surface area contributed by atoms with Crippen LogP contribution in [0.15, 0.2) is 35.4 Å². The van der Waals surface area contributed by atoms with E-state index >= 15 is 0 Å². The molecule has 22 heavy (non-hydrogen) atoms. The fraction of sp³-hybridized carbons (Fsp3) is 0.588. The lowest BCUT2D eigenvalue weighted by atomic mass is 9.83. The highest BCUT2D eigenvalue weighted by Crippen LogP contribution is 2.37. The maximum atomic E-state index is 14.3. The molecule has 0 aliphatic heterocycles. The second kappa shape index (κ2) is 7.40. The van der Waals surface area contributed by atoms with E-state index in [1.54, 1.807) is 0 Å². The average Bonchev–Trinajstić information content (AvgIpc) is 2.88. The van der Waals surface area contributed by atoms with Crippen LogP contribution in [-0.2, 0) is 4.79 Å². The zero-order valence-corrected chi connectivity index (χ0v) is 13.4. The summed E-state index contributed by atoms with van der Waals surface area (Å²) >= 11 is 5.61. The topological polar surface area (TPSA) is 29.1 Å². The zero-order chi connectivity index (χ0) is 16.3. The Morgan fingerprint density at radius 3 is 2.09 bits per heavy atom. The molecule has 0 radical (unpaired) electrons. The summed E-state index contributed by atoms with van der Waals surface area (Å²) in [4.78, 5) is 12.2. The van der Waals surface area contributed by atoms with Crippen LogP contribution in [0.3, 0.4) is 0 Å². The number of carbonyl (C=O) groups excluding carboxylic acids is 1. The van der Waals surface area contributed by atoms with Gasteiger partial charge in [-0.3, -0.25) is 4.79 Å². The van der Waals surface area contributed by atoms with Crippen molar-refractivity contribution in [3.63, 3.8) is 0 Å². The van der Waals surface area contributed by atoms with Crippen molar-refractivity contribution >= 4 is 17.5 Å². The fourth-order valence-electron chi connectivity index (χ4n) is 3.23. The van der Waals surface area contributed by atoms with Crippen LogP contribution in [-0.4, -0.2) is 11.9 Å². The lowest BCUT2D eigenvalue weighted by molar-refractivity contribution is -0.128. The molecule has 2 rings (SSSR count). The first-order chi connectivity index (χ1) is 10.4. The smallest absolute Gasteiger partial charge is 0.223 e. The highest BCUT2D eigenvalue weighted by molar-refractivity contribution is 6.31. The van der Waals surface area contributed by atoms with E-state index in [2.05, 4.69) is 18.5 Å². The van der Waals surface area contributed by atoms with E-state index in [1.807, 2.05) is 0 Å². The van der Waals surface area contributed by atoms with Gasteiger partial charge in [0, 0.05) is 11.5 Å². The number of hydrogen-bond donors (Lipinski definition) is 1. The molecule has 1 atom stereocenters. The van der Waals surface area contributed by atoms with Gasteiger partial charge in [0.25, 0.3) is 0 Å². The van der Waals surface area contributed by atoms with Crippen molar-refractivity contribution in [3.8, 4) is 0 Å². The summed E-state index contributed by atoms with van der Waals surface area (Å²) in [5, 5.41) is 2.47. The van der Waals surface area contributed by atoms with Gasteiger partial charge in [-0.2, -0.15) is 0 Å². The molecule has 1 amide bonds. The van der Waals surface area contributed by atoms with E-state index in [0.717, 1.165) is 44.9 Å². The van der Waals surface area contributed by atoms with Crippen molar-refractivity contribution in [2.45, 2.75) is 51.0 Å². The first kappa shape index (κ1) is 17.2. The molecule has 2 nitrogen and oxygen atoms in total. The molecule has 5 heteroatoms. The molecule has 1 unspecified atom stereocenters. The summed E-state index contributed by atoms with van der Waals surface area (Å²) in [5.41, 5.74) is -0.250. The number of allylic oxidation sites excluding steroid dienone is 2. The van der Waals surface area contributed by atoms with Gasteiger partial charge in [0.2, 0.25) is 5.91 Å². The Balaban J connectivity index is 2.28. The van der Waals surface area contributed by atoms with Gasteiger partial charge in [0.1, 0.15) is 11.7 Å². The van der Waals surface area contributed by atoms with E-state index in [-0.39, 0.29) is 28.3 Å². The fourth-order valence-corrected chi connectivity index (χ4v) is 3.33. The standard InChI is InChI=1S/C17H22ClF2NO/c1-10(18)15(20)14(11(2)19)16(12-6-3-4-7-12)21-17(22)13-8-5-9-13/h12-13,16H,1-9H2,(H,21,22)/b15-14-. The summed E-state index contributed by atoms with van der Waals surface area (Å²) in [6, 6.07) is -0.719. The van der Waals surface area contributed by atoms with Gasteiger partial charge >= 0.3 is 0 Å². The summed E-state index contributed by atoms with van der Waals surface area (Å²) < 4.78 is 28.2. The normalized spacial score (nSPS) is 21.8. The lowest BCUT2D eigenvalue weighted by Gasteiger charge is -2.31. The van der Waals surface area contributed by atoms with E-state index in [4.69, 9.17) is 11.6 Å². The van der Waals surface area contributed by atoms with E-state index in [1.165, 1.54) is 0 Å². The van der Waals surface area contributed by atoms with Gasteiger partial charge in [0.05, 0.1) is 11.1 Å². The number of carbonyl (C=O) groups is 1. The van der Waals surface area contributed by atoms with E-state index in [0.29, 0.717) is 0 Å². The summed E-state index contributed by atoms with van der Waals surface area (Å²) in [5.74, 6) is -1.98. The Bertz CT molecular complexity index is 505. The third-order valence-corrected chi connectivity index (χ3v) is 4.89. The first-order valence-corrected chi connectivity index (χ1v) is 8.19. The van der Waals surface area contributed by atoms with Gasteiger partial charge in [-0.15, -0.1) is 0 Å². The third kappa shape index (κ3) is 3.78. The summed E-state index contributed by atoms with van der Waals surface area (Å²) in [6.07, 6.45) is 6.35. The SMILES string of the molecule is C=C(Cl)/C(F)=C(\C(=C)F)C(NC(=O)C1CCC1)C1CCCC1. The average molecular weight is 330 g/mol. The van der Waals surface area contributed by atoms with Crippen LogP contribution in [0.4, 0.5) is 8.78 Å². The highest BCUT2D eigenvalue weighted by atomic mass is 35.5. The molecular weight excluding hydrogens is 308 g/mol. The third-order valence-electron chi connectivity index (χ3n) is 4.72. The molecule has 2 fully saturated rings. The Morgan fingerprint density at radius 1 is 1.09 bits per heavy atom. The van der Waals surface area contributed by atoms with Crippen molar-refractivity contribution in [3.05, 3.63) is 35.4 Å². The Kier molecular flexibility index (Phi) is 5.79. The molecule has 2 aliphatic rings. The maximum absolute atomic E-state index is 14.3. The van der Waals surface area contributed by atoms with Crippen LogP contribution in [0.25, 0.3) is 0 Å². The largest absolute Gasteiger partial charge is 0.349 e. The number of amides is 1. The predicted molar refractivity (Wildman–Crippen MR) is 84.6 cm³/mol. The van der Waals surface area contributed by atoms with Crippen LogP contribution in [0.2, 0.25) is 0 Å². The minimum Gasteiger partial charge on any atom is -0.349 e. The monoisotopic (exact) mass is 329 g/mol. The lowest BCUT2D eigenvalue weighted by Crippen LogP contribution is -2.45. The number of rotatable bonds is 6. The van der Waals surface area contributed by atoms with Crippen LogP contribution in [0.5, 0.6) is 0 Å². The summed E-state index contributed by atoms with van der Waals surface area (Å²) in [6.45, 7) is 6.54. The second-order valence-electron chi connectivity index (χ2n) is 6.20. The van der Waals surface area contributed by atoms with Gasteiger partial charge in [-0.1, -0.05) is 44.0 Å². The first-order valence-electron chi connectivity index (χ1n) is 7.81. The summed E-state index contributed by atoms with van der Waals surface area (Å²) in [7, 11) is 0. The molecular formula is C17H22ClF2NO. The zero-order valence-electron chi connectivity index (χ0n) is 12.6. The second-order valence-corrected chi connectivity index (χ2v) is 6.65. The molecule has 2 aliphatic carbocycles. The Labute approximate surface area is 135 Å². The predicted octanol–water partition coefficient (Wildman–Crippen LogP) is 4.92. The van der Waals surface area contributed by atoms with E-state index < -0.39 is 17.7 Å². The van der Waals surface area contributed by atoms with Gasteiger partial charge < -0.3 is 5.32 Å². The van der Waals surface area contributed by atoms with Crippen LogP contribution >= 0.6 is 11.6 Å². The highest BCUT2D eigenvalue weighted by Gasteiger charge is 2.35. The Hall–Kier alpha value is -1.16. The molecule has 0 aromatic carbocycles. The number of nitrogens with one attached hydrogen (secondary N) is 1. The van der Waals surface area contributed by atoms with Crippen molar-refractivity contribution < 1.29 is 13.6 Å². The van der Waals surface area contributed by atoms with Gasteiger partial charge in [-0.25, -0.2) is 8.78 Å². The molecule has 0 saturated heterocycles. The van der Waals surface area contributed by atoms with Crippen LogP contribution in [0.1, 0.15) is 44.9 Å². The van der Waals surface area contributed by atoms with E-state index in [9.17, 15) is 13.6 Å². The van der Waals surface area contributed by atoms with Crippen molar-refractivity contribution in [2.24, 2.45) is 11.8 Å². The molecule has 0 spiro atoms. The molecule has 0 heterocycles. The van der Waals surface area contributed by atoms with Gasteiger partial charge in [0.15, 0.2) is 0 Å². The van der Waals surface area contributed by atoms with Crippen LogP contribution < -0.4 is 5.32 Å². The quantitative estimate of drug-likeness (QED) is 0.688. The molecule has 122 valence electrons. The minimum atomic E-state index is -0.917. The number of hydrogen-bond acceptors (Lipinski definition) is 1. The molecule has 1 N–H and O–H groups in total. The Morgan fingerprint density at radius 2 is 1.68 bits per heavy atom. The number of halogens is 3.